The molecule has 10 rings (SSSR count). The summed E-state index contributed by atoms with van der Waals surface area (Å²) >= 11 is 0. The van der Waals surface area contributed by atoms with E-state index in [0.717, 1.165) is 28.0 Å². The summed E-state index contributed by atoms with van der Waals surface area (Å²) in [6.45, 7) is 20.7. The monoisotopic (exact) mass is 728 g/mol. The third-order valence-corrected chi connectivity index (χ3v) is 12.2. The number of fused-ring (bicyclic) bond motifs is 6. The van der Waals surface area contributed by atoms with Crippen LogP contribution in [-0.2, 0) is 16.2 Å². The van der Waals surface area contributed by atoms with Crippen molar-refractivity contribution in [2.75, 3.05) is 4.90 Å². The lowest BCUT2D eigenvalue weighted by molar-refractivity contribution is 0.589. The number of furan rings is 1. The standard InChI is InChI=1S/C52H49BN2O/c1-50(2,3)34-24-26-37(27-25-34)54-42-31-36(52(7,8)9)28-39-40-29-35(51(4,5)6)30-41-44(32-18-12-10-13-19-32)46(33-20-14-11-15-21-33)55(47(40)41)53(45(39)42)49-48(54)38-22-16-17-23-43(38)56-49/h10-31H,1-9H3. The first-order valence-corrected chi connectivity index (χ1v) is 20.1. The number of nitrogens with zero attached hydrogens (tertiary/aromatic N) is 2. The highest BCUT2D eigenvalue weighted by Crippen LogP contribution is 2.52. The van der Waals surface area contributed by atoms with Gasteiger partial charge in [-0.25, -0.2) is 0 Å². The van der Waals surface area contributed by atoms with Crippen molar-refractivity contribution in [3.05, 3.63) is 150 Å². The van der Waals surface area contributed by atoms with Crippen LogP contribution in [0.25, 0.3) is 55.4 Å². The molecule has 56 heavy (non-hydrogen) atoms. The maximum atomic E-state index is 7.23. The topological polar surface area (TPSA) is 21.3 Å². The van der Waals surface area contributed by atoms with Gasteiger partial charge in [-0.1, -0.05) is 153 Å². The fraction of sp³-hybridized carbons (Fsp3) is 0.231. The van der Waals surface area contributed by atoms with E-state index in [-0.39, 0.29) is 23.1 Å². The fourth-order valence-electron chi connectivity index (χ4n) is 9.23. The zero-order chi connectivity index (χ0) is 38.9. The zero-order valence-electron chi connectivity index (χ0n) is 34.1. The Hall–Kier alpha value is -5.74. The van der Waals surface area contributed by atoms with Crippen LogP contribution in [0.4, 0.5) is 17.1 Å². The molecule has 8 aromatic rings. The Kier molecular flexibility index (Phi) is 7.37. The van der Waals surface area contributed by atoms with Crippen LogP contribution in [0.2, 0.25) is 0 Å². The van der Waals surface area contributed by atoms with Crippen molar-refractivity contribution in [3.63, 3.8) is 0 Å². The molecule has 4 heteroatoms. The lowest BCUT2D eigenvalue weighted by atomic mass is 9.47. The Balaban J connectivity index is 1.43. The van der Waals surface area contributed by atoms with E-state index >= 15 is 0 Å². The number of hydrogen-bond donors (Lipinski definition) is 0. The van der Waals surface area contributed by atoms with Gasteiger partial charge in [0.25, 0.3) is 0 Å². The second-order valence-corrected chi connectivity index (χ2v) is 19.0. The van der Waals surface area contributed by atoms with Crippen LogP contribution in [-0.4, -0.2) is 11.3 Å². The molecule has 0 saturated heterocycles. The summed E-state index contributed by atoms with van der Waals surface area (Å²) < 4.78 is 9.89. The van der Waals surface area contributed by atoms with Crippen LogP contribution >= 0.6 is 0 Å². The normalized spacial score (nSPS) is 13.7. The third-order valence-electron chi connectivity index (χ3n) is 12.2. The van der Waals surface area contributed by atoms with Gasteiger partial charge < -0.3 is 13.8 Å². The summed E-state index contributed by atoms with van der Waals surface area (Å²) in [5.74, 6) is 0. The Morgan fingerprint density at radius 3 is 1.73 bits per heavy atom. The van der Waals surface area contributed by atoms with Crippen molar-refractivity contribution in [2.45, 2.75) is 78.6 Å². The van der Waals surface area contributed by atoms with Gasteiger partial charge in [-0.2, -0.15) is 0 Å². The van der Waals surface area contributed by atoms with E-state index in [0.29, 0.717) is 0 Å². The van der Waals surface area contributed by atoms with Crippen molar-refractivity contribution >= 4 is 56.9 Å². The average Bonchev–Trinajstić information content (AvgIpc) is 3.73. The van der Waals surface area contributed by atoms with Crippen molar-refractivity contribution in [1.29, 1.82) is 0 Å². The van der Waals surface area contributed by atoms with Gasteiger partial charge in [-0.15, -0.1) is 0 Å². The average molecular weight is 729 g/mol. The Morgan fingerprint density at radius 1 is 0.518 bits per heavy atom. The molecule has 0 unspecified atom stereocenters. The highest BCUT2D eigenvalue weighted by molar-refractivity contribution is 6.89. The van der Waals surface area contributed by atoms with Gasteiger partial charge >= 0.3 is 6.85 Å². The zero-order valence-corrected chi connectivity index (χ0v) is 34.1. The van der Waals surface area contributed by atoms with Crippen molar-refractivity contribution in [2.24, 2.45) is 0 Å². The Labute approximate surface area is 331 Å². The van der Waals surface area contributed by atoms with Crippen LogP contribution in [0.1, 0.15) is 79.0 Å². The summed E-state index contributed by atoms with van der Waals surface area (Å²) in [5, 5.41) is 2.40. The molecule has 2 aromatic heterocycles. The number of aromatic nitrogens is 1. The van der Waals surface area contributed by atoms with Crippen LogP contribution in [0, 0.1) is 0 Å². The first-order chi connectivity index (χ1) is 26.7. The van der Waals surface area contributed by atoms with Crippen molar-refractivity contribution in [1.82, 2.24) is 4.48 Å². The molecule has 0 N–H and O–H groups in total. The van der Waals surface area contributed by atoms with E-state index in [2.05, 4.69) is 205 Å². The molecular weight excluding hydrogens is 679 g/mol. The van der Waals surface area contributed by atoms with Gasteiger partial charge in [0.05, 0.1) is 5.69 Å². The number of anilines is 3. The second-order valence-electron chi connectivity index (χ2n) is 19.0. The number of rotatable bonds is 3. The molecule has 4 heterocycles. The molecular formula is C52H49BN2O. The summed E-state index contributed by atoms with van der Waals surface area (Å²) in [7, 11) is 0. The van der Waals surface area contributed by atoms with E-state index in [1.807, 2.05) is 0 Å². The lowest BCUT2D eigenvalue weighted by Gasteiger charge is -2.40. The third kappa shape index (κ3) is 5.11. The quantitative estimate of drug-likeness (QED) is 0.169. The van der Waals surface area contributed by atoms with E-state index in [9.17, 15) is 0 Å². The van der Waals surface area contributed by atoms with Gasteiger partial charge in [0, 0.05) is 44.5 Å². The smallest absolute Gasteiger partial charge is 0.376 e. The van der Waals surface area contributed by atoms with Crippen molar-refractivity contribution < 1.29 is 4.42 Å². The molecule has 6 aromatic carbocycles. The summed E-state index contributed by atoms with van der Waals surface area (Å²) in [6.07, 6.45) is 0. The lowest BCUT2D eigenvalue weighted by Crippen LogP contribution is -2.56. The molecule has 2 aliphatic heterocycles. The van der Waals surface area contributed by atoms with Gasteiger partial charge in [0.15, 0.2) is 0 Å². The summed E-state index contributed by atoms with van der Waals surface area (Å²) in [5.41, 5.74) is 19.2. The van der Waals surface area contributed by atoms with Crippen LogP contribution < -0.4 is 16.0 Å². The van der Waals surface area contributed by atoms with E-state index in [4.69, 9.17) is 4.42 Å². The molecule has 3 nitrogen and oxygen atoms in total. The molecule has 2 aliphatic rings. The van der Waals surface area contributed by atoms with E-state index in [1.54, 1.807) is 0 Å². The predicted molar refractivity (Wildman–Crippen MR) is 239 cm³/mol. The molecule has 0 bridgehead atoms. The van der Waals surface area contributed by atoms with Crippen LogP contribution in [0.3, 0.4) is 0 Å². The first-order valence-electron chi connectivity index (χ1n) is 20.1. The Bertz CT molecular complexity index is 2840. The molecule has 0 aliphatic carbocycles. The van der Waals surface area contributed by atoms with Gasteiger partial charge in [-0.3, -0.25) is 0 Å². The minimum absolute atomic E-state index is 0.0445. The maximum absolute atomic E-state index is 7.23. The molecule has 0 atom stereocenters. The maximum Gasteiger partial charge on any atom is 0.376 e. The summed E-state index contributed by atoms with van der Waals surface area (Å²) in [4.78, 5) is 2.51. The minimum atomic E-state index is -0.204. The molecule has 0 amide bonds. The highest BCUT2D eigenvalue weighted by atomic mass is 16.3. The molecule has 0 radical (unpaired) electrons. The number of para-hydroxylation sites is 1. The van der Waals surface area contributed by atoms with Gasteiger partial charge in [0.2, 0.25) is 0 Å². The van der Waals surface area contributed by atoms with E-state index in [1.165, 1.54) is 72.3 Å². The highest BCUT2D eigenvalue weighted by Gasteiger charge is 2.48. The molecule has 0 saturated carbocycles. The molecule has 0 fully saturated rings. The molecule has 276 valence electrons. The summed E-state index contributed by atoms with van der Waals surface area (Å²) in [6, 6.07) is 49.8. The van der Waals surface area contributed by atoms with E-state index < -0.39 is 0 Å². The molecule has 0 spiro atoms. The number of hydrogen-bond acceptors (Lipinski definition) is 2. The fourth-order valence-corrected chi connectivity index (χ4v) is 9.23. The Morgan fingerprint density at radius 2 is 1.09 bits per heavy atom. The minimum Gasteiger partial charge on any atom is -0.466 e. The van der Waals surface area contributed by atoms with Crippen LogP contribution in [0.15, 0.2) is 138 Å². The SMILES string of the molecule is CC(C)(C)c1ccc(N2c3cc(C(C)(C)C)cc4c3B(c3oc5ccccc5c32)n2c(-c3ccccc3)c(-c3ccccc3)c3cc(C(C)(C)C)cc-4c32)cc1. The van der Waals surface area contributed by atoms with Crippen molar-refractivity contribution in [3.8, 4) is 33.5 Å². The van der Waals surface area contributed by atoms with Gasteiger partial charge in [0.1, 0.15) is 11.2 Å². The first kappa shape index (κ1) is 34.7. The van der Waals surface area contributed by atoms with Gasteiger partial charge in [-0.05, 0) is 97.6 Å². The largest absolute Gasteiger partial charge is 0.466 e. The number of benzene rings is 6. The second kappa shape index (κ2) is 11.9. The predicted octanol–water partition coefficient (Wildman–Crippen LogP) is 13.0. The van der Waals surface area contributed by atoms with Crippen LogP contribution in [0.5, 0.6) is 0 Å².